The highest BCUT2D eigenvalue weighted by molar-refractivity contribution is 8.01. The number of fused-ring (bicyclic) bond motifs is 1. The van der Waals surface area contributed by atoms with Crippen molar-refractivity contribution in [2.45, 2.75) is 114 Å². The fourth-order valence-corrected chi connectivity index (χ4v) is 8.56. The maximum absolute atomic E-state index is 14.1. The number of halogens is 7. The number of rotatable bonds is 4. The van der Waals surface area contributed by atoms with Crippen molar-refractivity contribution in [2.24, 2.45) is 11.8 Å². The average molecular weight is 853 g/mol. The van der Waals surface area contributed by atoms with E-state index >= 15 is 0 Å². The summed E-state index contributed by atoms with van der Waals surface area (Å²) in [6.07, 6.45) is -9.37. The zero-order valence-electron chi connectivity index (χ0n) is 32.6. The number of aliphatic hydroxyl groups is 1. The van der Waals surface area contributed by atoms with Crippen LogP contribution in [0.3, 0.4) is 0 Å². The van der Waals surface area contributed by atoms with Gasteiger partial charge in [-0.1, -0.05) is 25.6 Å². The quantitative estimate of drug-likeness (QED) is 0.139. The Morgan fingerprint density at radius 2 is 1.19 bits per heavy atom. The molecule has 58 heavy (non-hydrogen) atoms. The number of thioether (sulfide) groups is 1. The first kappa shape index (κ1) is 48.3. The molecule has 0 aromatic heterocycles. The van der Waals surface area contributed by atoms with Crippen LogP contribution in [0.25, 0.3) is 0 Å². The van der Waals surface area contributed by atoms with E-state index in [2.05, 4.69) is 0 Å². The summed E-state index contributed by atoms with van der Waals surface area (Å²) in [6, 6.07) is 6.31. The van der Waals surface area contributed by atoms with E-state index in [0.29, 0.717) is 30.7 Å². The number of ketones is 1. The summed E-state index contributed by atoms with van der Waals surface area (Å²) in [5, 5.41) is 10.5. The average Bonchev–Trinajstić information content (AvgIpc) is 3.42. The van der Waals surface area contributed by atoms with E-state index in [0.717, 1.165) is 25.3 Å². The SMILES string of the molecule is C.CC(C)(C)OC(=O)N1CCC(C(=O)c2cccc(C(F)(F)F)c2F)CC1.COC(=O)[C@H]1Sc2c(C(F)(F)F)cccc2[C@]1(O)C1CCN(C(=O)OC(C)(C)C)CC1. The van der Waals surface area contributed by atoms with Crippen LogP contribution in [0.1, 0.15) is 102 Å². The highest BCUT2D eigenvalue weighted by Gasteiger charge is 2.57. The van der Waals surface area contributed by atoms with E-state index in [1.807, 2.05) is 0 Å². The Kier molecular flexibility index (Phi) is 15.0. The van der Waals surface area contributed by atoms with Gasteiger partial charge in [0.15, 0.2) is 5.78 Å². The topological polar surface area (TPSA) is 123 Å². The van der Waals surface area contributed by atoms with Crippen LogP contribution in [0.2, 0.25) is 0 Å². The van der Waals surface area contributed by atoms with Gasteiger partial charge in [-0.3, -0.25) is 9.59 Å². The smallest absolute Gasteiger partial charge is 0.419 e. The Labute approximate surface area is 337 Å². The summed E-state index contributed by atoms with van der Waals surface area (Å²) in [7, 11) is 1.14. The molecule has 2 aromatic rings. The number of amides is 2. The summed E-state index contributed by atoms with van der Waals surface area (Å²) in [6.45, 7) is 11.4. The molecule has 0 saturated carbocycles. The van der Waals surface area contributed by atoms with Crippen LogP contribution in [0.15, 0.2) is 41.3 Å². The van der Waals surface area contributed by atoms with Crippen LogP contribution in [-0.4, -0.2) is 88.6 Å². The third kappa shape index (κ3) is 11.2. The van der Waals surface area contributed by atoms with Crippen molar-refractivity contribution in [1.29, 1.82) is 0 Å². The summed E-state index contributed by atoms with van der Waals surface area (Å²) in [4.78, 5) is 52.1. The van der Waals surface area contributed by atoms with Gasteiger partial charge in [0.05, 0.1) is 23.8 Å². The second-order valence-electron chi connectivity index (χ2n) is 16.0. The van der Waals surface area contributed by atoms with Gasteiger partial charge >= 0.3 is 30.5 Å². The first-order chi connectivity index (χ1) is 26.2. The fourth-order valence-electron chi connectivity index (χ4n) is 6.96. The molecule has 3 aliphatic heterocycles. The molecule has 0 unspecified atom stereocenters. The number of carbonyl (C=O) groups is 4. The van der Waals surface area contributed by atoms with E-state index < -0.39 is 92.7 Å². The standard InChI is InChI=1S/C21H26F3NO5S.C18H21F4NO3.CH4/c1-19(2,3)30-18(27)25-10-8-12(9-11-25)20(28)13-6-5-7-14(21(22,23)24)15(13)31-16(20)17(26)29-4;1-17(2,3)26-16(25)23-9-7-11(8-10-23)15(24)12-5-4-6-13(14(12)19)18(20,21)22;/h5-7,12,16,28H,8-11H2,1-4H3;4-6,11H,7-10H2,1-3H3;1H4/t16-,20-;;/m1../s1. The van der Waals surface area contributed by atoms with E-state index in [-0.39, 0.29) is 56.9 Å². The van der Waals surface area contributed by atoms with Gasteiger partial charge in [0.1, 0.15) is 27.9 Å². The number of carbonyl (C=O) groups excluding carboxylic acids is 4. The van der Waals surface area contributed by atoms with Crippen LogP contribution >= 0.6 is 11.8 Å². The van der Waals surface area contributed by atoms with E-state index in [1.165, 1.54) is 21.9 Å². The number of alkyl halides is 6. The summed E-state index contributed by atoms with van der Waals surface area (Å²) >= 11 is 0.688. The lowest BCUT2D eigenvalue weighted by Gasteiger charge is -2.42. The maximum Gasteiger partial charge on any atom is 0.419 e. The normalized spacial score (nSPS) is 20.6. The van der Waals surface area contributed by atoms with Gasteiger partial charge in [0.25, 0.3) is 0 Å². The summed E-state index contributed by atoms with van der Waals surface area (Å²) < 4.78 is 109. The van der Waals surface area contributed by atoms with Crippen LogP contribution < -0.4 is 0 Å². The predicted octanol–water partition coefficient (Wildman–Crippen LogP) is 9.50. The van der Waals surface area contributed by atoms with Crippen molar-refractivity contribution in [3.05, 3.63) is 64.5 Å². The molecule has 2 atom stereocenters. The number of hydrogen-bond donors (Lipinski definition) is 1. The summed E-state index contributed by atoms with van der Waals surface area (Å²) in [5.74, 6) is -4.16. The Morgan fingerprint density at radius 3 is 1.64 bits per heavy atom. The summed E-state index contributed by atoms with van der Waals surface area (Å²) in [5.41, 5.74) is -5.95. The first-order valence-corrected chi connectivity index (χ1v) is 19.1. The van der Waals surface area contributed by atoms with E-state index in [4.69, 9.17) is 14.2 Å². The zero-order valence-corrected chi connectivity index (χ0v) is 33.4. The van der Waals surface area contributed by atoms with Gasteiger partial charge in [-0.05, 0) is 96.9 Å². The molecule has 2 saturated heterocycles. The number of nitrogens with zero attached hydrogens (tertiary/aromatic N) is 2. The molecule has 5 rings (SSSR count). The lowest BCUT2D eigenvalue weighted by atomic mass is 9.73. The molecule has 10 nitrogen and oxygen atoms in total. The molecule has 0 aliphatic carbocycles. The molecule has 2 amide bonds. The van der Waals surface area contributed by atoms with Crippen molar-refractivity contribution in [3.8, 4) is 0 Å². The number of benzene rings is 2. The molecule has 2 aromatic carbocycles. The number of methoxy groups -OCH3 is 1. The molecule has 3 heterocycles. The molecule has 0 spiro atoms. The van der Waals surface area contributed by atoms with Gasteiger partial charge in [0, 0.05) is 37.0 Å². The third-order valence-electron chi connectivity index (χ3n) is 9.66. The molecule has 324 valence electrons. The van der Waals surface area contributed by atoms with E-state index in [9.17, 15) is 55.0 Å². The van der Waals surface area contributed by atoms with Crippen molar-refractivity contribution in [2.75, 3.05) is 33.3 Å². The maximum atomic E-state index is 14.1. The lowest BCUT2D eigenvalue weighted by Crippen LogP contribution is -2.51. The number of Topliss-reactive ketones (excluding diaryl/α,β-unsaturated/α-hetero) is 1. The third-order valence-corrected chi connectivity index (χ3v) is 11.1. The van der Waals surface area contributed by atoms with Crippen LogP contribution in [0.5, 0.6) is 0 Å². The minimum atomic E-state index is -4.86. The lowest BCUT2D eigenvalue weighted by molar-refractivity contribution is -0.149. The van der Waals surface area contributed by atoms with Crippen molar-refractivity contribution >= 4 is 35.7 Å². The van der Waals surface area contributed by atoms with Crippen LogP contribution in [-0.2, 0) is 37.0 Å². The Hall–Kier alpha value is -4.06. The number of esters is 1. The zero-order chi connectivity index (χ0) is 42.9. The minimum Gasteiger partial charge on any atom is -0.468 e. The van der Waals surface area contributed by atoms with Gasteiger partial charge < -0.3 is 29.1 Å². The minimum absolute atomic E-state index is 0. The van der Waals surface area contributed by atoms with Crippen molar-refractivity contribution in [1.82, 2.24) is 9.80 Å². The number of hydrogen-bond acceptors (Lipinski definition) is 9. The van der Waals surface area contributed by atoms with Crippen LogP contribution in [0.4, 0.5) is 40.3 Å². The Morgan fingerprint density at radius 1 is 0.741 bits per heavy atom. The van der Waals surface area contributed by atoms with Crippen molar-refractivity contribution < 1.29 is 69.2 Å². The predicted molar refractivity (Wildman–Crippen MR) is 201 cm³/mol. The number of likely N-dealkylation sites (tertiary alicyclic amines) is 2. The van der Waals surface area contributed by atoms with E-state index in [1.54, 1.807) is 41.5 Å². The second kappa shape index (κ2) is 18.1. The van der Waals surface area contributed by atoms with Gasteiger partial charge in [0.2, 0.25) is 0 Å². The van der Waals surface area contributed by atoms with Gasteiger partial charge in [-0.15, -0.1) is 11.8 Å². The molecular formula is C40H51F7N2O8S. The molecule has 0 bridgehead atoms. The highest BCUT2D eigenvalue weighted by Crippen LogP contribution is 2.57. The van der Waals surface area contributed by atoms with Gasteiger partial charge in [-0.2, -0.15) is 26.3 Å². The molecule has 0 radical (unpaired) electrons. The number of ether oxygens (including phenoxy) is 3. The second-order valence-corrected chi connectivity index (χ2v) is 17.2. The van der Waals surface area contributed by atoms with Crippen molar-refractivity contribution in [3.63, 3.8) is 0 Å². The van der Waals surface area contributed by atoms with Gasteiger partial charge in [-0.25, -0.2) is 14.0 Å². The molecule has 2 fully saturated rings. The van der Waals surface area contributed by atoms with Crippen LogP contribution in [0, 0.1) is 17.7 Å². The Balaban J connectivity index is 0.000000310. The Bertz CT molecular complexity index is 1810. The molecule has 1 N–H and O–H groups in total. The number of piperidine rings is 2. The highest BCUT2D eigenvalue weighted by atomic mass is 32.2. The fraction of sp³-hybridized carbons (Fsp3) is 0.600. The largest absolute Gasteiger partial charge is 0.468 e. The first-order valence-electron chi connectivity index (χ1n) is 18.2. The monoisotopic (exact) mass is 852 g/mol. The molecule has 18 heteroatoms. The molecular weight excluding hydrogens is 801 g/mol. The molecule has 3 aliphatic rings.